The summed E-state index contributed by atoms with van der Waals surface area (Å²) in [5.41, 5.74) is 0. The maximum Gasteiger partial charge on any atom is 0.134 e. The molecule has 1 aromatic heterocycles. The predicted octanol–water partition coefficient (Wildman–Crippen LogP) is 2.45. The lowest BCUT2D eigenvalue weighted by Gasteiger charge is -2.27. The summed E-state index contributed by atoms with van der Waals surface area (Å²) in [6.07, 6.45) is 9.31. The summed E-state index contributed by atoms with van der Waals surface area (Å²) in [5.74, 6) is 2.01. The lowest BCUT2D eigenvalue weighted by atomic mass is 10.1. The van der Waals surface area contributed by atoms with Crippen molar-refractivity contribution in [3.63, 3.8) is 0 Å². The Bertz CT molecular complexity index is 434. The average Bonchev–Trinajstić information content (AvgIpc) is 2.96. The molecule has 1 saturated heterocycles. The highest BCUT2D eigenvalue weighted by Crippen LogP contribution is 2.25. The number of anilines is 2. The molecule has 1 aromatic rings. The van der Waals surface area contributed by atoms with Gasteiger partial charge in [-0.15, -0.1) is 0 Å². The van der Waals surface area contributed by atoms with Crippen LogP contribution in [0.15, 0.2) is 12.4 Å². The molecule has 2 aliphatic rings. The Morgan fingerprint density at radius 1 is 1.20 bits per heavy atom. The van der Waals surface area contributed by atoms with Crippen molar-refractivity contribution in [1.82, 2.24) is 9.97 Å². The van der Waals surface area contributed by atoms with Gasteiger partial charge in [0.25, 0.3) is 0 Å². The second-order valence-corrected chi connectivity index (χ2v) is 5.82. The fraction of sp³-hybridized carbons (Fsp3) is 0.733. The summed E-state index contributed by atoms with van der Waals surface area (Å²) in [7, 11) is 1.80. The molecule has 1 aliphatic heterocycles. The van der Waals surface area contributed by atoms with Crippen LogP contribution in [0.5, 0.6) is 0 Å². The molecule has 1 aliphatic carbocycles. The first kappa shape index (κ1) is 13.6. The first-order valence-electron chi connectivity index (χ1n) is 7.71. The molecule has 2 fully saturated rings. The molecule has 3 rings (SSSR count). The Morgan fingerprint density at radius 2 is 2.05 bits per heavy atom. The minimum Gasteiger partial charge on any atom is -0.381 e. The summed E-state index contributed by atoms with van der Waals surface area (Å²) in [5, 5.41) is 3.53. The standard InChI is InChI=1S/C15H24N4O/c1-20-13-6-5-12(9-13)18-14-10-15(17-11-16-14)19-7-3-2-4-8-19/h10-13H,2-9H2,1H3,(H,16,17,18). The Kier molecular flexibility index (Phi) is 4.35. The monoisotopic (exact) mass is 276 g/mol. The molecular weight excluding hydrogens is 252 g/mol. The van der Waals surface area contributed by atoms with Crippen LogP contribution < -0.4 is 10.2 Å². The summed E-state index contributed by atoms with van der Waals surface area (Å²) < 4.78 is 5.42. The number of nitrogens with zero attached hydrogens (tertiary/aromatic N) is 3. The molecule has 1 saturated carbocycles. The number of aromatic nitrogens is 2. The smallest absolute Gasteiger partial charge is 0.134 e. The molecule has 2 atom stereocenters. The molecule has 1 N–H and O–H groups in total. The zero-order chi connectivity index (χ0) is 13.8. The number of methoxy groups -OCH3 is 1. The third-order valence-corrected chi connectivity index (χ3v) is 4.40. The molecule has 2 unspecified atom stereocenters. The van der Waals surface area contributed by atoms with Gasteiger partial charge in [0.05, 0.1) is 6.10 Å². The molecule has 0 radical (unpaired) electrons. The number of hydrogen-bond donors (Lipinski definition) is 1. The van der Waals surface area contributed by atoms with E-state index in [1.807, 2.05) is 0 Å². The van der Waals surface area contributed by atoms with Gasteiger partial charge in [0.1, 0.15) is 18.0 Å². The van der Waals surface area contributed by atoms with Crippen molar-refractivity contribution in [2.24, 2.45) is 0 Å². The third kappa shape index (κ3) is 3.20. The van der Waals surface area contributed by atoms with Crippen LogP contribution in [0.2, 0.25) is 0 Å². The van der Waals surface area contributed by atoms with Crippen LogP contribution in [0.25, 0.3) is 0 Å². The summed E-state index contributed by atoms with van der Waals surface area (Å²) in [6.45, 7) is 2.23. The number of piperidine rings is 1. The topological polar surface area (TPSA) is 50.3 Å². The van der Waals surface area contributed by atoms with E-state index in [1.165, 1.54) is 19.3 Å². The Hall–Kier alpha value is -1.36. The highest BCUT2D eigenvalue weighted by molar-refractivity contribution is 5.49. The molecule has 0 aromatic carbocycles. The van der Waals surface area contributed by atoms with Crippen molar-refractivity contribution in [3.05, 3.63) is 12.4 Å². The van der Waals surface area contributed by atoms with E-state index >= 15 is 0 Å². The van der Waals surface area contributed by atoms with Gasteiger partial charge in [0.2, 0.25) is 0 Å². The van der Waals surface area contributed by atoms with E-state index in [-0.39, 0.29) is 0 Å². The lowest BCUT2D eigenvalue weighted by Crippen LogP contribution is -2.30. The molecule has 0 amide bonds. The van der Waals surface area contributed by atoms with Gasteiger partial charge in [-0.1, -0.05) is 0 Å². The van der Waals surface area contributed by atoms with Crippen LogP contribution in [0, 0.1) is 0 Å². The van der Waals surface area contributed by atoms with Crippen molar-refractivity contribution in [3.8, 4) is 0 Å². The maximum absolute atomic E-state index is 5.42. The van der Waals surface area contributed by atoms with Gasteiger partial charge >= 0.3 is 0 Å². The van der Waals surface area contributed by atoms with Gasteiger partial charge in [-0.25, -0.2) is 9.97 Å². The van der Waals surface area contributed by atoms with Crippen molar-refractivity contribution in [2.75, 3.05) is 30.4 Å². The van der Waals surface area contributed by atoms with Crippen molar-refractivity contribution in [2.45, 2.75) is 50.7 Å². The average molecular weight is 276 g/mol. The van der Waals surface area contributed by atoms with E-state index < -0.39 is 0 Å². The summed E-state index contributed by atoms with van der Waals surface area (Å²) in [4.78, 5) is 11.1. The summed E-state index contributed by atoms with van der Waals surface area (Å²) >= 11 is 0. The van der Waals surface area contributed by atoms with Gasteiger partial charge in [-0.05, 0) is 38.5 Å². The minimum atomic E-state index is 0.399. The van der Waals surface area contributed by atoms with Gasteiger partial charge in [-0.3, -0.25) is 0 Å². The molecule has 5 nitrogen and oxygen atoms in total. The Labute approximate surface area is 120 Å². The third-order valence-electron chi connectivity index (χ3n) is 4.40. The molecule has 0 spiro atoms. The summed E-state index contributed by atoms with van der Waals surface area (Å²) in [6, 6.07) is 2.56. The lowest BCUT2D eigenvalue weighted by molar-refractivity contribution is 0.108. The fourth-order valence-electron chi connectivity index (χ4n) is 3.22. The van der Waals surface area contributed by atoms with E-state index in [1.54, 1.807) is 13.4 Å². The van der Waals surface area contributed by atoms with E-state index in [0.29, 0.717) is 12.1 Å². The van der Waals surface area contributed by atoms with E-state index in [9.17, 15) is 0 Å². The SMILES string of the molecule is COC1CCC(Nc2cc(N3CCCCC3)ncn2)C1. The number of hydrogen-bond acceptors (Lipinski definition) is 5. The molecule has 2 heterocycles. The molecule has 20 heavy (non-hydrogen) atoms. The van der Waals surface area contributed by atoms with Crippen LogP contribution in [0.1, 0.15) is 38.5 Å². The van der Waals surface area contributed by atoms with Crippen LogP contribution in [-0.4, -0.2) is 42.3 Å². The van der Waals surface area contributed by atoms with Gasteiger partial charge in [-0.2, -0.15) is 0 Å². The molecular formula is C15H24N4O. The van der Waals surface area contributed by atoms with Crippen LogP contribution in [0.4, 0.5) is 11.6 Å². The zero-order valence-corrected chi connectivity index (χ0v) is 12.2. The first-order chi connectivity index (χ1) is 9.85. The second-order valence-electron chi connectivity index (χ2n) is 5.82. The quantitative estimate of drug-likeness (QED) is 0.915. The van der Waals surface area contributed by atoms with E-state index in [4.69, 9.17) is 4.74 Å². The molecule has 0 bridgehead atoms. The Balaban J connectivity index is 1.62. The fourth-order valence-corrected chi connectivity index (χ4v) is 3.22. The van der Waals surface area contributed by atoms with E-state index in [2.05, 4.69) is 26.3 Å². The Morgan fingerprint density at radius 3 is 2.80 bits per heavy atom. The molecule has 110 valence electrons. The van der Waals surface area contributed by atoms with Crippen LogP contribution >= 0.6 is 0 Å². The number of nitrogens with one attached hydrogen (secondary N) is 1. The zero-order valence-electron chi connectivity index (χ0n) is 12.2. The normalized spacial score (nSPS) is 26.8. The van der Waals surface area contributed by atoms with Crippen molar-refractivity contribution >= 4 is 11.6 Å². The van der Waals surface area contributed by atoms with Crippen LogP contribution in [0.3, 0.4) is 0 Å². The van der Waals surface area contributed by atoms with Crippen molar-refractivity contribution < 1.29 is 4.74 Å². The van der Waals surface area contributed by atoms with E-state index in [0.717, 1.165) is 44.0 Å². The first-order valence-corrected chi connectivity index (χ1v) is 7.71. The second kappa shape index (κ2) is 6.39. The highest BCUT2D eigenvalue weighted by atomic mass is 16.5. The van der Waals surface area contributed by atoms with Gasteiger partial charge in [0, 0.05) is 32.3 Å². The number of ether oxygens (including phenoxy) is 1. The van der Waals surface area contributed by atoms with Gasteiger partial charge in [0.15, 0.2) is 0 Å². The minimum absolute atomic E-state index is 0.399. The predicted molar refractivity (Wildman–Crippen MR) is 80.2 cm³/mol. The maximum atomic E-state index is 5.42. The number of rotatable bonds is 4. The van der Waals surface area contributed by atoms with Crippen LogP contribution in [-0.2, 0) is 4.74 Å². The largest absolute Gasteiger partial charge is 0.381 e. The van der Waals surface area contributed by atoms with Crippen molar-refractivity contribution in [1.29, 1.82) is 0 Å². The molecule has 5 heteroatoms. The van der Waals surface area contributed by atoms with Gasteiger partial charge < -0.3 is 15.0 Å². The highest BCUT2D eigenvalue weighted by Gasteiger charge is 2.24.